The molecule has 0 atom stereocenters. The minimum Gasteiger partial charge on any atom is -0.478 e. The number of hydrogen-bond donors (Lipinski definition) is 1. The molecular formula is C6H2F8O2. The molecule has 94 valence electrons. The fourth-order valence-corrected chi connectivity index (χ4v) is 0.527. The molecule has 0 bridgehead atoms. The third kappa shape index (κ3) is 2.42. The first kappa shape index (κ1) is 14.7. The lowest BCUT2D eigenvalue weighted by Gasteiger charge is -2.26. The zero-order chi connectivity index (χ0) is 13.4. The second kappa shape index (κ2) is 3.91. The van der Waals surface area contributed by atoms with Crippen molar-refractivity contribution in [1.29, 1.82) is 0 Å². The Bertz CT molecular complexity index is 315. The van der Waals surface area contributed by atoms with Crippen molar-refractivity contribution in [2.75, 3.05) is 0 Å². The van der Waals surface area contributed by atoms with Gasteiger partial charge in [-0.15, -0.1) is 0 Å². The van der Waals surface area contributed by atoms with E-state index in [0.29, 0.717) is 0 Å². The van der Waals surface area contributed by atoms with E-state index in [-0.39, 0.29) is 0 Å². The van der Waals surface area contributed by atoms with Gasteiger partial charge in [0.1, 0.15) is 0 Å². The zero-order valence-corrected chi connectivity index (χ0v) is 6.96. The molecule has 0 aromatic heterocycles. The van der Waals surface area contributed by atoms with E-state index >= 15 is 0 Å². The van der Waals surface area contributed by atoms with Gasteiger partial charge in [-0.25, -0.2) is 9.18 Å². The molecule has 0 spiro atoms. The number of rotatable bonds is 3. The Kier molecular flexibility index (Phi) is 3.58. The summed E-state index contributed by atoms with van der Waals surface area (Å²) < 4.78 is 95.2. The van der Waals surface area contributed by atoms with Gasteiger partial charge in [0.15, 0.2) is 5.83 Å². The predicted octanol–water partition coefficient (Wildman–Crippen LogP) is 2.76. The molecule has 0 aliphatic rings. The highest BCUT2D eigenvalue weighted by molar-refractivity contribution is 5.80. The van der Waals surface area contributed by atoms with Crippen molar-refractivity contribution in [2.24, 2.45) is 0 Å². The van der Waals surface area contributed by atoms with E-state index in [0.717, 1.165) is 0 Å². The number of aliphatic carboxylic acids is 1. The van der Waals surface area contributed by atoms with Crippen LogP contribution in [0.3, 0.4) is 0 Å². The van der Waals surface area contributed by atoms with Crippen LogP contribution in [-0.4, -0.2) is 29.1 Å². The van der Waals surface area contributed by atoms with Crippen molar-refractivity contribution in [2.45, 2.75) is 18.0 Å². The first-order valence-electron chi connectivity index (χ1n) is 3.27. The second-order valence-electron chi connectivity index (χ2n) is 2.48. The van der Waals surface area contributed by atoms with Crippen molar-refractivity contribution >= 4 is 5.97 Å². The number of alkyl halides is 7. The van der Waals surface area contributed by atoms with Crippen molar-refractivity contribution < 1.29 is 45.0 Å². The molecule has 0 radical (unpaired) electrons. The summed E-state index contributed by atoms with van der Waals surface area (Å²) in [4.78, 5) is 9.66. The number of carboxylic acids is 1. The molecule has 2 nitrogen and oxygen atoms in total. The summed E-state index contributed by atoms with van der Waals surface area (Å²) in [6, 6.07) is 0. The smallest absolute Gasteiger partial charge is 0.460 e. The standard InChI is InChI=1S/C6H2F8O2/c7-2(1-3(15)16)4(8,9)5(10,11)6(12,13)14/h1H,(H,15,16). The van der Waals surface area contributed by atoms with Crippen LogP contribution < -0.4 is 0 Å². The molecule has 0 aromatic rings. The minimum absolute atomic E-state index is 1.07. The second-order valence-corrected chi connectivity index (χ2v) is 2.48. The minimum atomic E-state index is -6.71. The summed E-state index contributed by atoms with van der Waals surface area (Å²) in [6.07, 6.45) is -7.78. The van der Waals surface area contributed by atoms with Crippen LogP contribution in [0.25, 0.3) is 0 Å². The van der Waals surface area contributed by atoms with Crippen LogP contribution in [-0.2, 0) is 4.79 Å². The van der Waals surface area contributed by atoms with Gasteiger partial charge in [-0.1, -0.05) is 0 Å². The Hall–Kier alpha value is -1.35. The third-order valence-electron chi connectivity index (χ3n) is 1.30. The Balaban J connectivity index is 5.44. The molecule has 0 saturated heterocycles. The molecule has 0 aliphatic carbocycles. The highest BCUT2D eigenvalue weighted by Gasteiger charge is 2.75. The molecule has 0 aromatic carbocycles. The molecule has 16 heavy (non-hydrogen) atoms. The lowest BCUT2D eigenvalue weighted by atomic mass is 10.1. The third-order valence-corrected chi connectivity index (χ3v) is 1.30. The molecule has 0 amide bonds. The van der Waals surface area contributed by atoms with Crippen molar-refractivity contribution in [1.82, 2.24) is 0 Å². The van der Waals surface area contributed by atoms with Crippen LogP contribution in [0.4, 0.5) is 35.1 Å². The average Bonchev–Trinajstić information content (AvgIpc) is 2.00. The molecule has 0 aliphatic heterocycles. The van der Waals surface area contributed by atoms with Gasteiger partial charge in [0.25, 0.3) is 0 Å². The highest BCUT2D eigenvalue weighted by Crippen LogP contribution is 2.49. The fraction of sp³-hybridized carbons (Fsp3) is 0.500. The summed E-state index contributed by atoms with van der Waals surface area (Å²) in [5.41, 5.74) is 0. The molecule has 0 saturated carbocycles. The van der Waals surface area contributed by atoms with E-state index in [2.05, 4.69) is 0 Å². The van der Waals surface area contributed by atoms with E-state index in [4.69, 9.17) is 5.11 Å². The number of hydrogen-bond acceptors (Lipinski definition) is 1. The maximum absolute atomic E-state index is 12.3. The van der Waals surface area contributed by atoms with Gasteiger partial charge in [-0.3, -0.25) is 0 Å². The number of carbonyl (C=O) groups is 1. The Labute approximate surface area is 82.2 Å². The van der Waals surface area contributed by atoms with Gasteiger partial charge in [0.2, 0.25) is 0 Å². The van der Waals surface area contributed by atoms with E-state index in [1.165, 1.54) is 0 Å². The Morgan fingerprint density at radius 1 is 1.00 bits per heavy atom. The van der Waals surface area contributed by atoms with Crippen LogP contribution in [0, 0.1) is 0 Å². The van der Waals surface area contributed by atoms with Crippen LogP contribution in [0.1, 0.15) is 0 Å². The number of carboxylic acid groups (broad SMARTS) is 1. The largest absolute Gasteiger partial charge is 0.478 e. The van der Waals surface area contributed by atoms with Crippen LogP contribution in [0.5, 0.6) is 0 Å². The highest BCUT2D eigenvalue weighted by atomic mass is 19.4. The van der Waals surface area contributed by atoms with E-state index in [9.17, 15) is 39.9 Å². The maximum Gasteiger partial charge on any atom is 0.460 e. The van der Waals surface area contributed by atoms with Gasteiger partial charge < -0.3 is 5.11 Å². The first-order valence-corrected chi connectivity index (χ1v) is 3.27. The SMILES string of the molecule is O=C(O)C=C(F)C(F)(F)C(F)(F)C(F)(F)F. The summed E-state index contributed by atoms with van der Waals surface area (Å²) in [6.45, 7) is 0. The Morgan fingerprint density at radius 2 is 1.38 bits per heavy atom. The Morgan fingerprint density at radius 3 is 1.62 bits per heavy atom. The van der Waals surface area contributed by atoms with E-state index < -0.39 is 35.9 Å². The number of allylic oxidation sites excluding steroid dienone is 1. The average molecular weight is 258 g/mol. The van der Waals surface area contributed by atoms with E-state index in [1.807, 2.05) is 0 Å². The first-order chi connectivity index (χ1) is 6.84. The van der Waals surface area contributed by atoms with Crippen LogP contribution in [0.15, 0.2) is 11.9 Å². The predicted molar refractivity (Wildman–Crippen MR) is 32.8 cm³/mol. The maximum atomic E-state index is 12.3. The molecule has 0 fully saturated rings. The summed E-state index contributed by atoms with van der Waals surface area (Å²) in [5.74, 6) is -18.8. The van der Waals surface area contributed by atoms with Gasteiger partial charge >= 0.3 is 24.0 Å². The van der Waals surface area contributed by atoms with Gasteiger partial charge in [-0.05, 0) is 0 Å². The van der Waals surface area contributed by atoms with Crippen molar-refractivity contribution in [3.63, 3.8) is 0 Å². The number of halogens is 8. The lowest BCUT2D eigenvalue weighted by Crippen LogP contribution is -2.52. The zero-order valence-electron chi connectivity index (χ0n) is 6.96. The monoisotopic (exact) mass is 258 g/mol. The van der Waals surface area contributed by atoms with Gasteiger partial charge in [-0.2, -0.15) is 30.7 Å². The lowest BCUT2D eigenvalue weighted by molar-refractivity contribution is -0.347. The van der Waals surface area contributed by atoms with Crippen molar-refractivity contribution in [3.05, 3.63) is 11.9 Å². The van der Waals surface area contributed by atoms with Crippen molar-refractivity contribution in [3.8, 4) is 0 Å². The quantitative estimate of drug-likeness (QED) is 0.624. The molecule has 10 heteroatoms. The topological polar surface area (TPSA) is 37.3 Å². The summed E-state index contributed by atoms with van der Waals surface area (Å²) in [7, 11) is 0. The molecule has 0 heterocycles. The van der Waals surface area contributed by atoms with E-state index in [1.54, 1.807) is 0 Å². The van der Waals surface area contributed by atoms with Crippen LogP contribution >= 0.6 is 0 Å². The van der Waals surface area contributed by atoms with Gasteiger partial charge in [0.05, 0.1) is 6.08 Å². The normalized spacial score (nSPS) is 15.1. The fourth-order valence-electron chi connectivity index (χ4n) is 0.527. The molecular weight excluding hydrogens is 256 g/mol. The molecule has 0 unspecified atom stereocenters. The summed E-state index contributed by atoms with van der Waals surface area (Å²) in [5, 5.41) is 7.74. The van der Waals surface area contributed by atoms with Crippen LogP contribution in [0.2, 0.25) is 0 Å². The molecule has 0 rings (SSSR count). The molecule has 1 N–H and O–H groups in total. The van der Waals surface area contributed by atoms with Gasteiger partial charge in [0, 0.05) is 0 Å². The summed E-state index contributed by atoms with van der Waals surface area (Å²) >= 11 is 0.